The molecule has 0 aliphatic carbocycles. The molecule has 1 aromatic rings. The van der Waals surface area contributed by atoms with Crippen LogP contribution in [0, 0.1) is 0 Å². The Hall–Kier alpha value is -0.570. The van der Waals surface area contributed by atoms with E-state index in [1.165, 1.54) is 0 Å². The lowest BCUT2D eigenvalue weighted by Gasteiger charge is -2.05. The van der Waals surface area contributed by atoms with E-state index in [0.717, 1.165) is 5.56 Å². The summed E-state index contributed by atoms with van der Waals surface area (Å²) in [5.74, 6) is -0.0108. The molecule has 0 spiro atoms. The Labute approximate surface area is 93.0 Å². The van der Waals surface area contributed by atoms with Gasteiger partial charge in [0.1, 0.15) is 0 Å². The van der Waals surface area contributed by atoms with E-state index in [1.54, 1.807) is 25.1 Å². The molecule has 0 amide bonds. The first kappa shape index (κ1) is 11.5. The highest BCUT2D eigenvalue weighted by Gasteiger charge is 2.09. The molecule has 0 bridgehead atoms. The van der Waals surface area contributed by atoms with Crippen molar-refractivity contribution in [2.75, 3.05) is 0 Å². The number of hydrogen-bond donors (Lipinski definition) is 1. The van der Waals surface area contributed by atoms with Gasteiger partial charge < -0.3 is 5.73 Å². The molecule has 4 heteroatoms. The first-order valence-electron chi connectivity index (χ1n) is 4.23. The standard InChI is InChI=1S/C10H11Cl2NO/c1-6(13)10(14)5-7-2-3-8(11)9(12)4-7/h2-4,6H,5,13H2,1H3. The summed E-state index contributed by atoms with van der Waals surface area (Å²) in [5.41, 5.74) is 6.28. The van der Waals surface area contributed by atoms with E-state index >= 15 is 0 Å². The number of carbonyl (C=O) groups is 1. The quantitative estimate of drug-likeness (QED) is 0.869. The fourth-order valence-electron chi connectivity index (χ4n) is 1.01. The topological polar surface area (TPSA) is 43.1 Å². The van der Waals surface area contributed by atoms with Crippen LogP contribution in [0.5, 0.6) is 0 Å². The van der Waals surface area contributed by atoms with Gasteiger partial charge in [-0.15, -0.1) is 0 Å². The predicted octanol–water partition coefficient (Wildman–Crippen LogP) is 2.45. The van der Waals surface area contributed by atoms with Crippen molar-refractivity contribution in [3.8, 4) is 0 Å². The molecule has 1 rings (SSSR count). The van der Waals surface area contributed by atoms with Crippen LogP contribution in [-0.2, 0) is 11.2 Å². The second kappa shape index (κ2) is 4.78. The molecule has 0 fully saturated rings. The monoisotopic (exact) mass is 231 g/mol. The SMILES string of the molecule is CC(N)C(=O)Cc1ccc(Cl)c(Cl)c1. The van der Waals surface area contributed by atoms with Gasteiger partial charge in [-0.05, 0) is 24.6 Å². The highest BCUT2D eigenvalue weighted by molar-refractivity contribution is 6.42. The van der Waals surface area contributed by atoms with Gasteiger partial charge in [-0.25, -0.2) is 0 Å². The third-order valence-electron chi connectivity index (χ3n) is 1.87. The molecule has 1 aromatic carbocycles. The highest BCUT2D eigenvalue weighted by atomic mass is 35.5. The average Bonchev–Trinajstić information content (AvgIpc) is 2.11. The summed E-state index contributed by atoms with van der Waals surface area (Å²) in [7, 11) is 0. The number of hydrogen-bond acceptors (Lipinski definition) is 2. The Bertz CT molecular complexity index is 350. The number of benzene rings is 1. The predicted molar refractivity (Wildman–Crippen MR) is 58.8 cm³/mol. The molecule has 2 nitrogen and oxygen atoms in total. The maximum absolute atomic E-state index is 11.3. The van der Waals surface area contributed by atoms with Crippen molar-refractivity contribution in [1.82, 2.24) is 0 Å². The largest absolute Gasteiger partial charge is 0.322 e. The van der Waals surface area contributed by atoms with E-state index in [0.29, 0.717) is 16.5 Å². The third-order valence-corrected chi connectivity index (χ3v) is 2.61. The molecule has 0 radical (unpaired) electrons. The molecule has 0 aromatic heterocycles. The zero-order chi connectivity index (χ0) is 10.7. The lowest BCUT2D eigenvalue weighted by Crippen LogP contribution is -2.28. The molecular formula is C10H11Cl2NO. The van der Waals surface area contributed by atoms with Crippen LogP contribution in [0.3, 0.4) is 0 Å². The number of halogens is 2. The minimum atomic E-state index is -0.440. The first-order valence-corrected chi connectivity index (χ1v) is 4.98. The van der Waals surface area contributed by atoms with Crippen molar-refractivity contribution in [3.63, 3.8) is 0 Å². The van der Waals surface area contributed by atoms with Crippen LogP contribution in [0.1, 0.15) is 12.5 Å². The zero-order valence-corrected chi connectivity index (χ0v) is 9.27. The van der Waals surface area contributed by atoms with E-state index in [4.69, 9.17) is 28.9 Å². The third kappa shape index (κ3) is 2.98. The van der Waals surface area contributed by atoms with Crippen molar-refractivity contribution in [3.05, 3.63) is 33.8 Å². The fraction of sp³-hybridized carbons (Fsp3) is 0.300. The van der Waals surface area contributed by atoms with E-state index in [9.17, 15) is 4.79 Å². The Morgan fingerprint density at radius 2 is 2.07 bits per heavy atom. The van der Waals surface area contributed by atoms with Gasteiger partial charge in [0.2, 0.25) is 0 Å². The Morgan fingerprint density at radius 3 is 2.57 bits per heavy atom. The van der Waals surface area contributed by atoms with E-state index < -0.39 is 6.04 Å². The van der Waals surface area contributed by atoms with E-state index in [-0.39, 0.29) is 5.78 Å². The van der Waals surface area contributed by atoms with Crippen LogP contribution in [0.4, 0.5) is 0 Å². The molecule has 2 N–H and O–H groups in total. The summed E-state index contributed by atoms with van der Waals surface area (Å²) in [6, 6.07) is 4.69. The molecule has 14 heavy (non-hydrogen) atoms. The highest BCUT2D eigenvalue weighted by Crippen LogP contribution is 2.22. The lowest BCUT2D eigenvalue weighted by molar-refractivity contribution is -0.119. The van der Waals surface area contributed by atoms with E-state index in [1.807, 2.05) is 0 Å². The molecule has 1 atom stereocenters. The maximum Gasteiger partial charge on any atom is 0.153 e. The number of ketones is 1. The zero-order valence-electron chi connectivity index (χ0n) is 7.76. The molecular weight excluding hydrogens is 221 g/mol. The van der Waals surface area contributed by atoms with Crippen LogP contribution >= 0.6 is 23.2 Å². The molecule has 1 unspecified atom stereocenters. The summed E-state index contributed by atoms with van der Waals surface area (Å²) >= 11 is 11.5. The van der Waals surface area contributed by atoms with Crippen LogP contribution < -0.4 is 5.73 Å². The average molecular weight is 232 g/mol. The molecule has 76 valence electrons. The molecule has 0 aliphatic rings. The fourth-order valence-corrected chi connectivity index (χ4v) is 1.33. The Balaban J connectivity index is 2.78. The summed E-state index contributed by atoms with van der Waals surface area (Å²) in [4.78, 5) is 11.3. The summed E-state index contributed by atoms with van der Waals surface area (Å²) in [6.45, 7) is 1.67. The number of Topliss-reactive ketones (excluding diaryl/α,β-unsaturated/α-hetero) is 1. The second-order valence-electron chi connectivity index (χ2n) is 3.18. The Kier molecular flexibility index (Phi) is 3.93. The lowest BCUT2D eigenvalue weighted by atomic mass is 10.1. The normalized spacial score (nSPS) is 12.6. The minimum absolute atomic E-state index is 0.0108. The van der Waals surface area contributed by atoms with Crippen molar-refractivity contribution in [2.24, 2.45) is 5.73 Å². The van der Waals surface area contributed by atoms with Crippen LogP contribution in [-0.4, -0.2) is 11.8 Å². The molecule has 0 heterocycles. The smallest absolute Gasteiger partial charge is 0.153 e. The summed E-state index contributed by atoms with van der Waals surface area (Å²) in [6.07, 6.45) is 0.300. The Morgan fingerprint density at radius 1 is 1.43 bits per heavy atom. The van der Waals surface area contributed by atoms with Gasteiger partial charge in [0, 0.05) is 6.42 Å². The van der Waals surface area contributed by atoms with Crippen molar-refractivity contribution in [2.45, 2.75) is 19.4 Å². The maximum atomic E-state index is 11.3. The van der Waals surface area contributed by atoms with E-state index in [2.05, 4.69) is 0 Å². The van der Waals surface area contributed by atoms with Crippen molar-refractivity contribution < 1.29 is 4.79 Å². The summed E-state index contributed by atoms with van der Waals surface area (Å²) < 4.78 is 0. The number of carbonyl (C=O) groups excluding carboxylic acids is 1. The van der Waals surface area contributed by atoms with Gasteiger partial charge >= 0.3 is 0 Å². The van der Waals surface area contributed by atoms with Gasteiger partial charge in [-0.3, -0.25) is 4.79 Å². The number of nitrogens with two attached hydrogens (primary N) is 1. The van der Waals surface area contributed by atoms with Gasteiger partial charge in [-0.2, -0.15) is 0 Å². The molecule has 0 saturated heterocycles. The second-order valence-corrected chi connectivity index (χ2v) is 3.99. The van der Waals surface area contributed by atoms with Gasteiger partial charge in [0.25, 0.3) is 0 Å². The van der Waals surface area contributed by atoms with Crippen molar-refractivity contribution in [1.29, 1.82) is 0 Å². The van der Waals surface area contributed by atoms with Crippen LogP contribution in [0.2, 0.25) is 10.0 Å². The van der Waals surface area contributed by atoms with Gasteiger partial charge in [-0.1, -0.05) is 29.3 Å². The minimum Gasteiger partial charge on any atom is -0.322 e. The first-order chi connectivity index (χ1) is 6.50. The van der Waals surface area contributed by atoms with Gasteiger partial charge in [0.05, 0.1) is 16.1 Å². The van der Waals surface area contributed by atoms with Crippen LogP contribution in [0.15, 0.2) is 18.2 Å². The molecule has 0 aliphatic heterocycles. The molecule has 0 saturated carbocycles. The van der Waals surface area contributed by atoms with Gasteiger partial charge in [0.15, 0.2) is 5.78 Å². The van der Waals surface area contributed by atoms with Crippen molar-refractivity contribution >= 4 is 29.0 Å². The van der Waals surface area contributed by atoms with Crippen LogP contribution in [0.25, 0.3) is 0 Å². The summed E-state index contributed by atoms with van der Waals surface area (Å²) in [5, 5.41) is 0.949. The number of rotatable bonds is 3.